The third-order valence-electron chi connectivity index (χ3n) is 3.51. The molecule has 6 heteroatoms. The first kappa shape index (κ1) is 18.7. The Balaban J connectivity index is 0.00000242. The van der Waals surface area contributed by atoms with Gasteiger partial charge in [0.1, 0.15) is 0 Å². The Morgan fingerprint density at radius 2 is 1.91 bits per heavy atom. The van der Waals surface area contributed by atoms with Gasteiger partial charge in [0, 0.05) is 43.1 Å². The fourth-order valence-electron chi connectivity index (χ4n) is 2.45. The summed E-state index contributed by atoms with van der Waals surface area (Å²) in [7, 11) is 0. The summed E-state index contributed by atoms with van der Waals surface area (Å²) in [5.74, 6) is 0.621. The third kappa shape index (κ3) is 4.85. The number of rotatable bonds is 7. The maximum atomic E-state index is 4.57. The third-order valence-corrected chi connectivity index (χ3v) is 3.51. The molecule has 5 nitrogen and oxygen atoms in total. The SMILES string of the molecule is Cc1c(CNCc2ccn(CC(C)C)n2)cnn1C(C)C.Cl. The van der Waals surface area contributed by atoms with E-state index in [1.165, 1.54) is 11.3 Å². The Morgan fingerprint density at radius 3 is 2.50 bits per heavy atom. The van der Waals surface area contributed by atoms with Crippen LogP contribution < -0.4 is 5.32 Å². The van der Waals surface area contributed by atoms with E-state index in [0.29, 0.717) is 12.0 Å². The molecule has 22 heavy (non-hydrogen) atoms. The fraction of sp³-hybridized carbons (Fsp3) is 0.625. The minimum atomic E-state index is 0. The molecule has 124 valence electrons. The van der Waals surface area contributed by atoms with Gasteiger partial charge >= 0.3 is 0 Å². The maximum Gasteiger partial charge on any atom is 0.0762 e. The molecule has 0 atom stereocenters. The van der Waals surface area contributed by atoms with Crippen molar-refractivity contribution in [3.05, 3.63) is 35.4 Å². The molecule has 2 rings (SSSR count). The lowest BCUT2D eigenvalue weighted by atomic mass is 10.2. The minimum Gasteiger partial charge on any atom is -0.307 e. The summed E-state index contributed by atoms with van der Waals surface area (Å²) < 4.78 is 4.08. The predicted molar refractivity (Wildman–Crippen MR) is 92.2 cm³/mol. The number of hydrogen-bond acceptors (Lipinski definition) is 3. The van der Waals surface area contributed by atoms with Crippen LogP contribution in [0.1, 0.15) is 50.7 Å². The molecule has 0 spiro atoms. The van der Waals surface area contributed by atoms with Gasteiger partial charge in [-0.3, -0.25) is 9.36 Å². The van der Waals surface area contributed by atoms with E-state index < -0.39 is 0 Å². The minimum absolute atomic E-state index is 0. The van der Waals surface area contributed by atoms with Crippen LogP contribution in [0.25, 0.3) is 0 Å². The van der Waals surface area contributed by atoms with Crippen molar-refractivity contribution in [2.24, 2.45) is 5.92 Å². The smallest absolute Gasteiger partial charge is 0.0762 e. The summed E-state index contributed by atoms with van der Waals surface area (Å²) in [6.45, 7) is 13.4. The molecular weight excluding hydrogens is 298 g/mol. The predicted octanol–water partition coefficient (Wildman–Crippen LogP) is 3.34. The molecule has 2 aromatic rings. The second-order valence-electron chi connectivity index (χ2n) is 6.32. The van der Waals surface area contributed by atoms with Crippen molar-refractivity contribution in [1.29, 1.82) is 0 Å². The van der Waals surface area contributed by atoms with E-state index in [0.717, 1.165) is 25.3 Å². The number of halogens is 1. The van der Waals surface area contributed by atoms with Crippen molar-refractivity contribution >= 4 is 12.4 Å². The molecule has 0 bridgehead atoms. The zero-order chi connectivity index (χ0) is 15.4. The average molecular weight is 326 g/mol. The van der Waals surface area contributed by atoms with Gasteiger partial charge in [-0.05, 0) is 32.8 Å². The highest BCUT2D eigenvalue weighted by Crippen LogP contribution is 2.12. The topological polar surface area (TPSA) is 47.7 Å². The van der Waals surface area contributed by atoms with Crippen molar-refractivity contribution in [2.75, 3.05) is 0 Å². The van der Waals surface area contributed by atoms with Crippen LogP contribution in [0.3, 0.4) is 0 Å². The van der Waals surface area contributed by atoms with E-state index in [1.807, 2.05) is 10.9 Å². The highest BCUT2D eigenvalue weighted by molar-refractivity contribution is 5.85. The van der Waals surface area contributed by atoms with E-state index in [1.54, 1.807) is 0 Å². The quantitative estimate of drug-likeness (QED) is 0.849. The summed E-state index contributed by atoms with van der Waals surface area (Å²) in [5, 5.41) is 12.5. The van der Waals surface area contributed by atoms with Crippen molar-refractivity contribution in [2.45, 2.75) is 60.3 Å². The monoisotopic (exact) mass is 325 g/mol. The molecule has 0 amide bonds. The highest BCUT2D eigenvalue weighted by Gasteiger charge is 2.08. The molecule has 2 aromatic heterocycles. The summed E-state index contributed by atoms with van der Waals surface area (Å²) in [6.07, 6.45) is 4.01. The van der Waals surface area contributed by atoms with Crippen LogP contribution in [-0.4, -0.2) is 19.6 Å². The summed E-state index contributed by atoms with van der Waals surface area (Å²) in [4.78, 5) is 0. The van der Waals surface area contributed by atoms with Crippen molar-refractivity contribution in [3.8, 4) is 0 Å². The molecule has 0 aliphatic heterocycles. The lowest BCUT2D eigenvalue weighted by molar-refractivity contribution is 0.477. The summed E-state index contributed by atoms with van der Waals surface area (Å²) in [6, 6.07) is 2.49. The van der Waals surface area contributed by atoms with E-state index in [4.69, 9.17) is 0 Å². The lowest BCUT2D eigenvalue weighted by Gasteiger charge is -2.09. The molecule has 1 N–H and O–H groups in total. The zero-order valence-electron chi connectivity index (χ0n) is 14.2. The van der Waals surface area contributed by atoms with Crippen LogP contribution >= 0.6 is 12.4 Å². The van der Waals surface area contributed by atoms with Crippen LogP contribution in [0.5, 0.6) is 0 Å². The Hall–Kier alpha value is -1.33. The number of aromatic nitrogens is 4. The molecule has 0 aliphatic carbocycles. The van der Waals surface area contributed by atoms with Gasteiger partial charge in [0.15, 0.2) is 0 Å². The number of nitrogens with one attached hydrogen (secondary N) is 1. The van der Waals surface area contributed by atoms with Crippen LogP contribution in [0.4, 0.5) is 0 Å². The number of hydrogen-bond donors (Lipinski definition) is 1. The Bertz CT molecular complexity index is 571. The molecule has 2 heterocycles. The Labute approximate surface area is 139 Å². The first-order valence-electron chi connectivity index (χ1n) is 7.73. The van der Waals surface area contributed by atoms with Crippen molar-refractivity contribution in [1.82, 2.24) is 24.9 Å². The molecule has 0 saturated carbocycles. The van der Waals surface area contributed by atoms with Gasteiger partial charge in [0.05, 0.1) is 11.9 Å². The maximum absolute atomic E-state index is 4.57. The van der Waals surface area contributed by atoms with Gasteiger partial charge in [-0.15, -0.1) is 12.4 Å². The average Bonchev–Trinajstić information content (AvgIpc) is 2.97. The molecule has 0 radical (unpaired) electrons. The van der Waals surface area contributed by atoms with Gasteiger partial charge in [-0.1, -0.05) is 13.8 Å². The van der Waals surface area contributed by atoms with E-state index >= 15 is 0 Å². The van der Waals surface area contributed by atoms with Crippen LogP contribution in [0, 0.1) is 12.8 Å². The van der Waals surface area contributed by atoms with Gasteiger partial charge in [0.2, 0.25) is 0 Å². The van der Waals surface area contributed by atoms with E-state index in [-0.39, 0.29) is 12.4 Å². The summed E-state index contributed by atoms with van der Waals surface area (Å²) in [5.41, 5.74) is 3.58. The van der Waals surface area contributed by atoms with Gasteiger partial charge in [-0.2, -0.15) is 10.2 Å². The fourth-order valence-corrected chi connectivity index (χ4v) is 2.45. The Morgan fingerprint density at radius 1 is 1.18 bits per heavy atom. The van der Waals surface area contributed by atoms with Gasteiger partial charge < -0.3 is 5.32 Å². The van der Waals surface area contributed by atoms with E-state index in [9.17, 15) is 0 Å². The standard InChI is InChI=1S/C16H27N5.ClH/c1-12(2)11-20-7-6-16(19-20)10-17-8-15-9-18-21(13(3)4)14(15)5;/h6-7,9,12-13,17H,8,10-11H2,1-5H3;1H. The van der Waals surface area contributed by atoms with Gasteiger partial charge in [0.25, 0.3) is 0 Å². The first-order chi connectivity index (χ1) is 9.97. The second-order valence-corrected chi connectivity index (χ2v) is 6.32. The van der Waals surface area contributed by atoms with Crippen molar-refractivity contribution in [3.63, 3.8) is 0 Å². The Kier molecular flexibility index (Phi) is 7.10. The molecule has 0 aliphatic rings. The molecule has 0 fully saturated rings. The zero-order valence-corrected chi connectivity index (χ0v) is 15.0. The molecule has 0 unspecified atom stereocenters. The van der Waals surface area contributed by atoms with E-state index in [2.05, 4.69) is 67.1 Å². The molecular formula is C16H28ClN5. The summed E-state index contributed by atoms with van der Waals surface area (Å²) >= 11 is 0. The number of nitrogens with zero attached hydrogens (tertiary/aromatic N) is 4. The van der Waals surface area contributed by atoms with Crippen molar-refractivity contribution < 1.29 is 0 Å². The molecule has 0 aromatic carbocycles. The lowest BCUT2D eigenvalue weighted by Crippen LogP contribution is -2.15. The molecule has 0 saturated heterocycles. The normalized spacial score (nSPS) is 11.2. The van der Waals surface area contributed by atoms with Crippen LogP contribution in [0.15, 0.2) is 18.5 Å². The largest absolute Gasteiger partial charge is 0.307 e. The van der Waals surface area contributed by atoms with Crippen LogP contribution in [0.2, 0.25) is 0 Å². The van der Waals surface area contributed by atoms with Gasteiger partial charge in [-0.25, -0.2) is 0 Å². The second kappa shape index (κ2) is 8.34. The highest BCUT2D eigenvalue weighted by atomic mass is 35.5. The first-order valence-corrected chi connectivity index (χ1v) is 7.73. The van der Waals surface area contributed by atoms with Crippen LogP contribution in [-0.2, 0) is 19.6 Å².